The van der Waals surface area contributed by atoms with Crippen LogP contribution in [0.3, 0.4) is 0 Å². The van der Waals surface area contributed by atoms with Crippen LogP contribution in [-0.4, -0.2) is 21.0 Å². The number of nitrogens with zero attached hydrogens (tertiary/aromatic N) is 2. The zero-order chi connectivity index (χ0) is 13.8. The predicted molar refractivity (Wildman–Crippen MR) is 70.6 cm³/mol. The van der Waals surface area contributed by atoms with Crippen LogP contribution in [0.1, 0.15) is 15.9 Å². The molecule has 2 N–H and O–H groups in total. The van der Waals surface area contributed by atoms with Crippen LogP contribution in [0, 0.1) is 10.1 Å². The summed E-state index contributed by atoms with van der Waals surface area (Å²) in [6, 6.07) is 4.22. The molecule has 0 unspecified atom stereocenters. The van der Waals surface area contributed by atoms with Gasteiger partial charge in [-0.05, 0) is 28.1 Å². The van der Waals surface area contributed by atoms with Gasteiger partial charge in [-0.15, -0.1) is 0 Å². The molecule has 1 amide bonds. The number of carbonyl (C=O) groups excluding carboxylic acids is 1. The maximum absolute atomic E-state index is 11.8. The second-order valence-corrected chi connectivity index (χ2v) is 4.57. The largest absolute Gasteiger partial charge is 0.348 e. The molecule has 0 saturated heterocycles. The van der Waals surface area contributed by atoms with Crippen LogP contribution in [0.15, 0.2) is 35.1 Å². The van der Waals surface area contributed by atoms with Crippen molar-refractivity contribution in [3.05, 3.63) is 56.3 Å². The molecule has 8 heteroatoms. The molecule has 0 aliphatic rings. The van der Waals surface area contributed by atoms with Gasteiger partial charge in [0.25, 0.3) is 11.6 Å². The maximum atomic E-state index is 11.8. The van der Waals surface area contributed by atoms with E-state index in [-0.39, 0.29) is 17.2 Å². The molecule has 0 radical (unpaired) electrons. The van der Waals surface area contributed by atoms with Crippen molar-refractivity contribution >= 4 is 27.5 Å². The summed E-state index contributed by atoms with van der Waals surface area (Å²) in [5, 5.41) is 19.8. The van der Waals surface area contributed by atoms with E-state index in [0.717, 1.165) is 5.56 Å². The van der Waals surface area contributed by atoms with Gasteiger partial charge >= 0.3 is 0 Å². The lowest BCUT2D eigenvalue weighted by atomic mass is 10.2. The Kier molecular flexibility index (Phi) is 3.91. The Labute approximate surface area is 116 Å². The Hall–Kier alpha value is -2.22. The highest BCUT2D eigenvalue weighted by Crippen LogP contribution is 2.25. The molecule has 0 saturated carbocycles. The van der Waals surface area contributed by atoms with Crippen LogP contribution in [0.2, 0.25) is 0 Å². The number of hydrogen-bond donors (Lipinski definition) is 2. The number of nitro benzene ring substituents is 1. The third-order valence-corrected chi connectivity index (χ3v) is 3.08. The van der Waals surface area contributed by atoms with E-state index in [1.807, 2.05) is 0 Å². The smallest absolute Gasteiger partial charge is 0.284 e. The standard InChI is InChI=1S/C11H9BrN4O3/c12-9-2-1-8(3-10(9)16(18)19)11(17)13-4-7-5-14-15-6-7/h1-3,5-6H,4H2,(H,13,17)(H,14,15). The SMILES string of the molecule is O=C(NCc1cn[nH]c1)c1ccc(Br)c([N+](=O)[O-])c1. The normalized spacial score (nSPS) is 10.2. The summed E-state index contributed by atoms with van der Waals surface area (Å²) in [5.74, 6) is -0.378. The fourth-order valence-electron chi connectivity index (χ4n) is 1.45. The third kappa shape index (κ3) is 3.16. The minimum absolute atomic E-state index is 0.143. The number of amides is 1. The van der Waals surface area contributed by atoms with Crippen molar-refractivity contribution in [3.63, 3.8) is 0 Å². The lowest BCUT2D eigenvalue weighted by Crippen LogP contribution is -2.22. The number of aromatic nitrogens is 2. The van der Waals surface area contributed by atoms with Gasteiger partial charge in [0.2, 0.25) is 0 Å². The first-order valence-electron chi connectivity index (χ1n) is 5.27. The molecule has 0 atom stereocenters. The molecule has 7 nitrogen and oxygen atoms in total. The summed E-state index contributed by atoms with van der Waals surface area (Å²) in [6.45, 7) is 0.305. The number of nitrogens with one attached hydrogen (secondary N) is 2. The minimum Gasteiger partial charge on any atom is -0.348 e. The van der Waals surface area contributed by atoms with Crippen molar-refractivity contribution < 1.29 is 9.72 Å². The van der Waals surface area contributed by atoms with Crippen molar-refractivity contribution in [3.8, 4) is 0 Å². The predicted octanol–water partition coefficient (Wildman–Crippen LogP) is 2.01. The quantitative estimate of drug-likeness (QED) is 0.663. The molecule has 2 aromatic rings. The van der Waals surface area contributed by atoms with E-state index in [2.05, 4.69) is 31.4 Å². The molecule has 0 fully saturated rings. The molecular formula is C11H9BrN4O3. The van der Waals surface area contributed by atoms with Gasteiger partial charge < -0.3 is 5.32 Å². The number of nitro groups is 1. The topological polar surface area (TPSA) is 101 Å². The number of aromatic amines is 1. The van der Waals surface area contributed by atoms with E-state index < -0.39 is 4.92 Å². The first-order valence-corrected chi connectivity index (χ1v) is 6.07. The van der Waals surface area contributed by atoms with Gasteiger partial charge in [0.1, 0.15) is 0 Å². The van der Waals surface area contributed by atoms with E-state index >= 15 is 0 Å². The Morgan fingerprint density at radius 2 is 2.32 bits per heavy atom. The third-order valence-electron chi connectivity index (χ3n) is 2.41. The Morgan fingerprint density at radius 1 is 1.53 bits per heavy atom. The van der Waals surface area contributed by atoms with Gasteiger partial charge in [-0.2, -0.15) is 5.10 Å². The average molecular weight is 325 g/mol. The summed E-state index contributed by atoms with van der Waals surface area (Å²) >= 11 is 3.06. The van der Waals surface area contributed by atoms with Crippen molar-refractivity contribution in [2.75, 3.05) is 0 Å². The van der Waals surface area contributed by atoms with Crippen LogP contribution in [-0.2, 0) is 6.54 Å². The van der Waals surface area contributed by atoms with Crippen LogP contribution in [0.4, 0.5) is 5.69 Å². The minimum atomic E-state index is -0.545. The fourth-order valence-corrected chi connectivity index (χ4v) is 1.84. The summed E-state index contributed by atoms with van der Waals surface area (Å²) in [4.78, 5) is 22.1. The number of hydrogen-bond acceptors (Lipinski definition) is 4. The van der Waals surface area contributed by atoms with Crippen molar-refractivity contribution in [1.29, 1.82) is 0 Å². The van der Waals surface area contributed by atoms with Crippen LogP contribution >= 0.6 is 15.9 Å². The van der Waals surface area contributed by atoms with Gasteiger partial charge in [0.15, 0.2) is 0 Å². The fraction of sp³-hybridized carbons (Fsp3) is 0.0909. The second-order valence-electron chi connectivity index (χ2n) is 3.71. The molecule has 0 bridgehead atoms. The molecule has 1 heterocycles. The molecule has 0 aliphatic carbocycles. The molecule has 2 rings (SSSR count). The molecule has 1 aromatic carbocycles. The first kappa shape index (κ1) is 13.2. The number of benzene rings is 1. The molecule has 0 spiro atoms. The maximum Gasteiger partial charge on any atom is 0.284 e. The molecular weight excluding hydrogens is 316 g/mol. The van der Waals surface area contributed by atoms with E-state index in [1.165, 1.54) is 18.2 Å². The van der Waals surface area contributed by atoms with Gasteiger partial charge in [0, 0.05) is 29.9 Å². The highest BCUT2D eigenvalue weighted by atomic mass is 79.9. The van der Waals surface area contributed by atoms with Gasteiger partial charge in [-0.1, -0.05) is 0 Å². The zero-order valence-electron chi connectivity index (χ0n) is 9.59. The highest BCUT2D eigenvalue weighted by molar-refractivity contribution is 9.10. The van der Waals surface area contributed by atoms with Crippen LogP contribution in [0.25, 0.3) is 0 Å². The Morgan fingerprint density at radius 3 is 2.95 bits per heavy atom. The summed E-state index contributed by atoms with van der Waals surface area (Å²) in [5.41, 5.74) is 0.911. The Bertz CT molecular complexity index is 612. The molecule has 98 valence electrons. The van der Waals surface area contributed by atoms with Gasteiger partial charge in [-0.25, -0.2) is 0 Å². The number of rotatable bonds is 4. The van der Waals surface area contributed by atoms with Crippen molar-refractivity contribution in [2.24, 2.45) is 0 Å². The summed E-state index contributed by atoms with van der Waals surface area (Å²) in [7, 11) is 0. The lowest BCUT2D eigenvalue weighted by molar-refractivity contribution is -0.385. The van der Waals surface area contributed by atoms with E-state index in [4.69, 9.17) is 0 Å². The zero-order valence-corrected chi connectivity index (χ0v) is 11.2. The van der Waals surface area contributed by atoms with Crippen molar-refractivity contribution in [2.45, 2.75) is 6.54 Å². The van der Waals surface area contributed by atoms with Gasteiger partial charge in [0.05, 0.1) is 15.6 Å². The average Bonchev–Trinajstić information content (AvgIpc) is 2.89. The Balaban J connectivity index is 2.11. The van der Waals surface area contributed by atoms with E-state index in [0.29, 0.717) is 11.0 Å². The molecule has 0 aliphatic heterocycles. The van der Waals surface area contributed by atoms with Crippen LogP contribution in [0.5, 0.6) is 0 Å². The van der Waals surface area contributed by atoms with E-state index in [1.54, 1.807) is 12.4 Å². The second kappa shape index (κ2) is 5.61. The molecule has 19 heavy (non-hydrogen) atoms. The van der Waals surface area contributed by atoms with Crippen LogP contribution < -0.4 is 5.32 Å². The molecule has 1 aromatic heterocycles. The first-order chi connectivity index (χ1) is 9.08. The lowest BCUT2D eigenvalue weighted by Gasteiger charge is -2.04. The van der Waals surface area contributed by atoms with Gasteiger partial charge in [-0.3, -0.25) is 20.0 Å². The number of carbonyl (C=O) groups is 1. The number of H-pyrrole nitrogens is 1. The van der Waals surface area contributed by atoms with E-state index in [9.17, 15) is 14.9 Å². The monoisotopic (exact) mass is 324 g/mol. The number of halogens is 1. The summed E-state index contributed by atoms with van der Waals surface area (Å²) < 4.78 is 0.337. The summed E-state index contributed by atoms with van der Waals surface area (Å²) in [6.07, 6.45) is 3.24. The highest BCUT2D eigenvalue weighted by Gasteiger charge is 2.15. The van der Waals surface area contributed by atoms with Crippen molar-refractivity contribution in [1.82, 2.24) is 15.5 Å².